The second-order valence-corrected chi connectivity index (χ2v) is 6.87. The van der Waals surface area contributed by atoms with Crippen LogP contribution in [0.2, 0.25) is 0 Å². The van der Waals surface area contributed by atoms with Crippen LogP contribution in [0.5, 0.6) is 0 Å². The third-order valence-electron chi connectivity index (χ3n) is 3.42. The Kier molecular flexibility index (Phi) is 3.17. The highest BCUT2D eigenvalue weighted by atomic mass is 32.2. The summed E-state index contributed by atoms with van der Waals surface area (Å²) < 4.78 is 26.5. The first-order chi connectivity index (χ1) is 9.97. The van der Waals surface area contributed by atoms with E-state index in [4.69, 9.17) is 0 Å². The summed E-state index contributed by atoms with van der Waals surface area (Å²) in [6.07, 6.45) is 4.75. The number of nitrogens with zero attached hydrogens (tertiary/aromatic N) is 3. The Morgan fingerprint density at radius 3 is 2.48 bits per heavy atom. The lowest BCUT2D eigenvalue weighted by molar-refractivity contribution is 0.600. The van der Waals surface area contributed by atoms with Crippen LogP contribution in [0.15, 0.2) is 54.9 Å². The molecule has 6 heteroatoms. The third-order valence-corrected chi connectivity index (χ3v) is 4.63. The standard InChI is InChI=1S/C15H15N3O2S/c1-17(21(2,19)20)13-8-9-15-16-10-14(18(15)11-13)12-6-4-3-5-7-12/h3-11H,1-2H3. The predicted octanol–water partition coefficient (Wildman–Crippen LogP) is 2.40. The number of hydrogen-bond donors (Lipinski definition) is 0. The van der Waals surface area contributed by atoms with Crippen molar-refractivity contribution in [1.82, 2.24) is 9.38 Å². The summed E-state index contributed by atoms with van der Waals surface area (Å²) in [6.45, 7) is 0. The van der Waals surface area contributed by atoms with Gasteiger partial charge in [0, 0.05) is 18.8 Å². The van der Waals surface area contributed by atoms with Crippen LogP contribution in [0.1, 0.15) is 0 Å². The molecule has 0 atom stereocenters. The fourth-order valence-electron chi connectivity index (χ4n) is 2.17. The van der Waals surface area contributed by atoms with Gasteiger partial charge in [-0.15, -0.1) is 0 Å². The van der Waals surface area contributed by atoms with Crippen LogP contribution in [0.25, 0.3) is 16.9 Å². The van der Waals surface area contributed by atoms with Crippen LogP contribution in [0.3, 0.4) is 0 Å². The number of benzene rings is 1. The van der Waals surface area contributed by atoms with Crippen molar-refractivity contribution < 1.29 is 8.42 Å². The van der Waals surface area contributed by atoms with Crippen molar-refractivity contribution in [2.24, 2.45) is 0 Å². The molecule has 0 N–H and O–H groups in total. The van der Waals surface area contributed by atoms with Gasteiger partial charge in [0.1, 0.15) is 5.65 Å². The zero-order valence-corrected chi connectivity index (χ0v) is 12.6. The Bertz CT molecular complexity index is 886. The number of imidazole rings is 1. The SMILES string of the molecule is CN(c1ccc2ncc(-c3ccccc3)n2c1)S(C)(=O)=O. The Hall–Kier alpha value is -2.34. The molecule has 0 saturated carbocycles. The van der Waals surface area contributed by atoms with E-state index in [1.165, 1.54) is 17.6 Å². The van der Waals surface area contributed by atoms with E-state index in [1.807, 2.05) is 40.8 Å². The lowest BCUT2D eigenvalue weighted by atomic mass is 10.2. The van der Waals surface area contributed by atoms with Gasteiger partial charge in [-0.2, -0.15) is 0 Å². The minimum absolute atomic E-state index is 0.597. The largest absolute Gasteiger partial charge is 0.298 e. The second kappa shape index (κ2) is 4.89. The average molecular weight is 301 g/mol. The first-order valence-corrected chi connectivity index (χ1v) is 8.28. The topological polar surface area (TPSA) is 54.7 Å². The molecule has 21 heavy (non-hydrogen) atoms. The number of fused-ring (bicyclic) bond motifs is 1. The summed E-state index contributed by atoms with van der Waals surface area (Å²) in [5.41, 5.74) is 3.33. The van der Waals surface area contributed by atoms with Crippen LogP contribution in [0, 0.1) is 0 Å². The molecule has 0 fully saturated rings. The van der Waals surface area contributed by atoms with Crippen LogP contribution < -0.4 is 4.31 Å². The first kappa shape index (κ1) is 13.6. The number of pyridine rings is 1. The first-order valence-electron chi connectivity index (χ1n) is 6.43. The highest BCUT2D eigenvalue weighted by Crippen LogP contribution is 2.24. The van der Waals surface area contributed by atoms with E-state index in [9.17, 15) is 8.42 Å². The number of aromatic nitrogens is 2. The number of hydrogen-bond acceptors (Lipinski definition) is 3. The van der Waals surface area contributed by atoms with Crippen molar-refractivity contribution in [1.29, 1.82) is 0 Å². The molecule has 108 valence electrons. The number of anilines is 1. The predicted molar refractivity (Wildman–Crippen MR) is 83.9 cm³/mol. The summed E-state index contributed by atoms with van der Waals surface area (Å²) in [4.78, 5) is 4.35. The molecule has 1 aromatic carbocycles. The van der Waals surface area contributed by atoms with Crippen LogP contribution in [-0.2, 0) is 10.0 Å². The van der Waals surface area contributed by atoms with Gasteiger partial charge in [0.25, 0.3) is 0 Å². The van der Waals surface area contributed by atoms with Gasteiger partial charge in [-0.1, -0.05) is 30.3 Å². The monoisotopic (exact) mass is 301 g/mol. The van der Waals surface area contributed by atoms with Gasteiger partial charge < -0.3 is 0 Å². The maximum Gasteiger partial charge on any atom is 0.232 e. The molecule has 0 amide bonds. The van der Waals surface area contributed by atoms with Crippen molar-refractivity contribution in [3.63, 3.8) is 0 Å². The van der Waals surface area contributed by atoms with Crippen molar-refractivity contribution in [3.05, 3.63) is 54.9 Å². The molecule has 2 aromatic heterocycles. The second-order valence-electron chi connectivity index (χ2n) is 4.86. The molecule has 0 bridgehead atoms. The van der Waals surface area contributed by atoms with Crippen LogP contribution in [0.4, 0.5) is 5.69 Å². The molecule has 2 heterocycles. The van der Waals surface area contributed by atoms with Gasteiger partial charge in [0.15, 0.2) is 0 Å². The molecule has 3 rings (SSSR count). The zero-order valence-electron chi connectivity index (χ0n) is 11.8. The van der Waals surface area contributed by atoms with Gasteiger partial charge in [0.2, 0.25) is 10.0 Å². The van der Waals surface area contributed by atoms with Gasteiger partial charge in [-0.05, 0) is 12.1 Å². The van der Waals surface area contributed by atoms with Crippen molar-refractivity contribution in [2.45, 2.75) is 0 Å². The highest BCUT2D eigenvalue weighted by Gasteiger charge is 2.14. The van der Waals surface area contributed by atoms with E-state index in [1.54, 1.807) is 18.5 Å². The number of sulfonamides is 1. The maximum absolute atomic E-state index is 11.7. The minimum atomic E-state index is -3.29. The minimum Gasteiger partial charge on any atom is -0.298 e. The third kappa shape index (κ3) is 2.50. The molecule has 0 aliphatic heterocycles. The molecule has 0 saturated heterocycles. The fourth-order valence-corrected chi connectivity index (χ4v) is 2.66. The van der Waals surface area contributed by atoms with Gasteiger partial charge >= 0.3 is 0 Å². The summed E-state index contributed by atoms with van der Waals surface area (Å²) in [5.74, 6) is 0. The van der Waals surface area contributed by atoms with E-state index < -0.39 is 10.0 Å². The normalized spacial score (nSPS) is 11.7. The smallest absolute Gasteiger partial charge is 0.232 e. The lowest BCUT2D eigenvalue weighted by Gasteiger charge is -2.17. The van der Waals surface area contributed by atoms with E-state index in [0.717, 1.165) is 16.9 Å². The van der Waals surface area contributed by atoms with Gasteiger partial charge in [-0.25, -0.2) is 13.4 Å². The molecule has 5 nitrogen and oxygen atoms in total. The Labute approximate surface area is 123 Å². The lowest BCUT2D eigenvalue weighted by Crippen LogP contribution is -2.25. The van der Waals surface area contributed by atoms with E-state index in [-0.39, 0.29) is 0 Å². The molecular formula is C15H15N3O2S. The number of rotatable bonds is 3. The molecule has 0 radical (unpaired) electrons. The molecule has 0 aliphatic carbocycles. The zero-order chi connectivity index (χ0) is 15.0. The van der Waals surface area contributed by atoms with Crippen LogP contribution in [-0.4, -0.2) is 31.1 Å². The van der Waals surface area contributed by atoms with Gasteiger partial charge in [-0.3, -0.25) is 8.71 Å². The summed E-state index contributed by atoms with van der Waals surface area (Å²) >= 11 is 0. The van der Waals surface area contributed by atoms with Crippen molar-refractivity contribution in [3.8, 4) is 11.3 Å². The molecular weight excluding hydrogens is 286 g/mol. The van der Waals surface area contributed by atoms with Crippen molar-refractivity contribution >= 4 is 21.4 Å². The van der Waals surface area contributed by atoms with E-state index in [2.05, 4.69) is 4.98 Å². The molecule has 0 spiro atoms. The van der Waals surface area contributed by atoms with Crippen molar-refractivity contribution in [2.75, 3.05) is 17.6 Å². The quantitative estimate of drug-likeness (QED) is 0.746. The maximum atomic E-state index is 11.7. The van der Waals surface area contributed by atoms with Crippen LogP contribution >= 0.6 is 0 Å². The van der Waals surface area contributed by atoms with Gasteiger partial charge in [0.05, 0.1) is 23.8 Å². The summed E-state index contributed by atoms with van der Waals surface area (Å²) in [6, 6.07) is 13.4. The van der Waals surface area contributed by atoms with E-state index >= 15 is 0 Å². The molecule has 0 unspecified atom stereocenters. The Morgan fingerprint density at radius 2 is 1.81 bits per heavy atom. The average Bonchev–Trinajstić information content (AvgIpc) is 2.89. The summed E-state index contributed by atoms with van der Waals surface area (Å²) in [5, 5.41) is 0. The van der Waals surface area contributed by atoms with E-state index in [0.29, 0.717) is 5.69 Å². The Balaban J connectivity index is 2.17. The summed E-state index contributed by atoms with van der Waals surface area (Å²) in [7, 11) is -1.75. The highest BCUT2D eigenvalue weighted by molar-refractivity contribution is 7.92. The fraction of sp³-hybridized carbons (Fsp3) is 0.133. The molecule has 0 aliphatic rings. The molecule has 3 aromatic rings. The Morgan fingerprint density at radius 1 is 1.10 bits per heavy atom.